The molecule has 4 N–H and O–H groups in total. The molecule has 0 unspecified atom stereocenters. The molecule has 3 rings (SSSR count). The smallest absolute Gasteiger partial charge is 0.191 e. The molecule has 0 bridgehead atoms. The maximum atomic E-state index is 10.2. The average Bonchev–Trinajstić information content (AvgIpc) is 3.16. The van der Waals surface area contributed by atoms with Crippen molar-refractivity contribution in [3.63, 3.8) is 0 Å². The lowest BCUT2D eigenvalue weighted by molar-refractivity contribution is 0.370. The van der Waals surface area contributed by atoms with Gasteiger partial charge in [-0.3, -0.25) is 0 Å². The molecule has 0 amide bonds. The van der Waals surface area contributed by atoms with E-state index in [4.69, 9.17) is 4.74 Å². The zero-order valence-corrected chi connectivity index (χ0v) is 20.1. The summed E-state index contributed by atoms with van der Waals surface area (Å²) >= 11 is 0. The number of aliphatic imine (C=N–C) groups is 1. The van der Waals surface area contributed by atoms with Crippen molar-refractivity contribution in [3.05, 3.63) is 59.3 Å². The zero-order chi connectivity index (χ0) is 20.6. The number of para-hydroxylation sites is 2. The van der Waals surface area contributed by atoms with Crippen LogP contribution >= 0.6 is 24.0 Å². The van der Waals surface area contributed by atoms with Crippen LogP contribution in [0.1, 0.15) is 30.5 Å². The number of phenols is 1. The van der Waals surface area contributed by atoms with E-state index >= 15 is 0 Å². The number of fused-ring (bicyclic) bond motifs is 1. The van der Waals surface area contributed by atoms with Crippen molar-refractivity contribution in [2.75, 3.05) is 20.2 Å². The Morgan fingerprint density at radius 1 is 1.07 bits per heavy atom. The van der Waals surface area contributed by atoms with Crippen LogP contribution in [0, 0.1) is 0 Å². The maximum absolute atomic E-state index is 10.2. The number of nitrogens with zero attached hydrogens (tertiary/aromatic N) is 1. The third-order valence-electron chi connectivity index (χ3n) is 5.01. The number of hydrogen-bond acceptors (Lipinski definition) is 3. The van der Waals surface area contributed by atoms with Crippen LogP contribution in [0.15, 0.2) is 47.6 Å². The molecule has 3 aromatic rings. The number of H-pyrrole nitrogens is 1. The summed E-state index contributed by atoms with van der Waals surface area (Å²) in [7, 11) is 1.54. The van der Waals surface area contributed by atoms with E-state index in [0.717, 1.165) is 37.5 Å². The molecule has 1 aromatic heterocycles. The van der Waals surface area contributed by atoms with Gasteiger partial charge in [0.25, 0.3) is 0 Å². The molecule has 162 valence electrons. The lowest BCUT2D eigenvalue weighted by atomic mass is 10.1. The Morgan fingerprint density at radius 3 is 2.57 bits per heavy atom. The monoisotopic (exact) mass is 522 g/mol. The van der Waals surface area contributed by atoms with Gasteiger partial charge in [0.05, 0.1) is 13.7 Å². The van der Waals surface area contributed by atoms with Gasteiger partial charge in [0, 0.05) is 35.8 Å². The molecular weight excluding hydrogens is 491 g/mol. The van der Waals surface area contributed by atoms with Crippen LogP contribution in [0.25, 0.3) is 10.9 Å². The molecule has 7 heteroatoms. The van der Waals surface area contributed by atoms with Gasteiger partial charge in [-0.05, 0) is 37.0 Å². The largest absolute Gasteiger partial charge is 0.504 e. The van der Waals surface area contributed by atoms with Gasteiger partial charge < -0.3 is 25.5 Å². The number of guanidine groups is 1. The normalized spacial score (nSPS) is 11.2. The second-order valence-electron chi connectivity index (χ2n) is 6.85. The molecule has 0 aliphatic carbocycles. The summed E-state index contributed by atoms with van der Waals surface area (Å²) in [4.78, 5) is 8.02. The summed E-state index contributed by atoms with van der Waals surface area (Å²) in [6.07, 6.45) is 4.01. The number of nitrogens with one attached hydrogen (secondary N) is 3. The van der Waals surface area contributed by atoms with E-state index < -0.39 is 0 Å². The number of methoxy groups -OCH3 is 1. The number of ether oxygens (including phenoxy) is 1. The topological polar surface area (TPSA) is 81.7 Å². The van der Waals surface area contributed by atoms with Crippen LogP contribution in [0.2, 0.25) is 0 Å². The van der Waals surface area contributed by atoms with Gasteiger partial charge in [0.2, 0.25) is 0 Å². The molecule has 0 saturated carbocycles. The van der Waals surface area contributed by atoms with E-state index in [1.54, 1.807) is 13.2 Å². The summed E-state index contributed by atoms with van der Waals surface area (Å²) in [6.45, 7) is 6.11. The molecule has 6 nitrogen and oxygen atoms in total. The molecule has 0 aliphatic rings. The Hall–Kier alpha value is -2.42. The number of aromatic nitrogens is 1. The summed E-state index contributed by atoms with van der Waals surface area (Å²) < 4.78 is 5.17. The number of aryl methyl sites for hydroxylation is 1. The van der Waals surface area contributed by atoms with Crippen LogP contribution in [0.3, 0.4) is 0 Å². The fraction of sp³-hybridized carbons (Fsp3) is 0.348. The van der Waals surface area contributed by atoms with Crippen LogP contribution in [0.4, 0.5) is 0 Å². The highest BCUT2D eigenvalue weighted by molar-refractivity contribution is 14.0. The fourth-order valence-corrected chi connectivity index (χ4v) is 3.46. The van der Waals surface area contributed by atoms with Gasteiger partial charge in [-0.2, -0.15) is 0 Å². The van der Waals surface area contributed by atoms with Gasteiger partial charge in [0.15, 0.2) is 17.5 Å². The second kappa shape index (κ2) is 11.7. The Balaban J connectivity index is 0.00000320. The highest BCUT2D eigenvalue weighted by atomic mass is 127. The minimum atomic E-state index is 0. The zero-order valence-electron chi connectivity index (χ0n) is 17.8. The van der Waals surface area contributed by atoms with Gasteiger partial charge in [0.1, 0.15) is 0 Å². The number of benzene rings is 2. The Labute approximate surface area is 195 Å². The van der Waals surface area contributed by atoms with Crippen molar-refractivity contribution in [2.45, 2.75) is 33.2 Å². The summed E-state index contributed by atoms with van der Waals surface area (Å²) in [5.74, 6) is 1.32. The summed E-state index contributed by atoms with van der Waals surface area (Å²) in [5.41, 5.74) is 4.60. The van der Waals surface area contributed by atoms with Crippen molar-refractivity contribution >= 4 is 40.8 Å². The van der Waals surface area contributed by atoms with Crippen LogP contribution in [-0.4, -0.2) is 36.2 Å². The first-order chi connectivity index (χ1) is 14.2. The average molecular weight is 522 g/mol. The molecule has 0 saturated heterocycles. The van der Waals surface area contributed by atoms with E-state index in [1.165, 1.54) is 22.0 Å². The Kier molecular flexibility index (Phi) is 9.29. The van der Waals surface area contributed by atoms with Crippen molar-refractivity contribution in [1.82, 2.24) is 15.6 Å². The molecule has 1 heterocycles. The van der Waals surface area contributed by atoms with Gasteiger partial charge in [-0.1, -0.05) is 37.3 Å². The predicted molar refractivity (Wildman–Crippen MR) is 134 cm³/mol. The number of phenolic OH excluding ortho intramolecular Hbond substituents is 1. The van der Waals surface area contributed by atoms with E-state index in [2.05, 4.69) is 51.9 Å². The third-order valence-corrected chi connectivity index (χ3v) is 5.01. The fourth-order valence-electron chi connectivity index (χ4n) is 3.46. The molecule has 0 spiro atoms. The first kappa shape index (κ1) is 23.9. The SMILES string of the molecule is CCNC(=NCc1cccc(OC)c1O)NCCc1c[nH]c2c(CC)cccc12.I. The van der Waals surface area contributed by atoms with Crippen LogP contribution in [-0.2, 0) is 19.4 Å². The summed E-state index contributed by atoms with van der Waals surface area (Å²) in [5, 5.41) is 18.2. The second-order valence-corrected chi connectivity index (χ2v) is 6.85. The standard InChI is InChI=1S/C23H30N4O2.HI/c1-4-16-8-6-10-19-17(14-26-21(16)19)12-13-25-23(24-5-2)27-15-18-9-7-11-20(29-3)22(18)28;/h6-11,14,26,28H,4-5,12-13,15H2,1-3H3,(H2,24,25,27);1H. The van der Waals surface area contributed by atoms with E-state index in [0.29, 0.717) is 12.3 Å². The highest BCUT2D eigenvalue weighted by Gasteiger charge is 2.08. The molecule has 0 radical (unpaired) electrons. The van der Waals surface area contributed by atoms with Crippen molar-refractivity contribution in [3.8, 4) is 11.5 Å². The van der Waals surface area contributed by atoms with Gasteiger partial charge >= 0.3 is 0 Å². The molecule has 0 atom stereocenters. The molecule has 2 aromatic carbocycles. The van der Waals surface area contributed by atoms with Gasteiger partial charge in [-0.25, -0.2) is 4.99 Å². The predicted octanol–water partition coefficient (Wildman–Crippen LogP) is 4.36. The summed E-state index contributed by atoms with van der Waals surface area (Å²) in [6, 6.07) is 11.9. The minimum absolute atomic E-state index is 0. The maximum Gasteiger partial charge on any atom is 0.191 e. The lowest BCUT2D eigenvalue weighted by Gasteiger charge is -2.12. The Bertz CT molecular complexity index is 984. The number of hydrogen-bond donors (Lipinski definition) is 4. The molecule has 30 heavy (non-hydrogen) atoms. The van der Waals surface area contributed by atoms with E-state index in [-0.39, 0.29) is 29.7 Å². The number of aromatic hydroxyl groups is 1. The number of rotatable bonds is 8. The van der Waals surface area contributed by atoms with Crippen molar-refractivity contribution in [2.24, 2.45) is 4.99 Å². The van der Waals surface area contributed by atoms with Crippen molar-refractivity contribution < 1.29 is 9.84 Å². The van der Waals surface area contributed by atoms with Crippen LogP contribution < -0.4 is 15.4 Å². The lowest BCUT2D eigenvalue weighted by Crippen LogP contribution is -2.38. The van der Waals surface area contributed by atoms with Crippen molar-refractivity contribution in [1.29, 1.82) is 0 Å². The van der Waals surface area contributed by atoms with Gasteiger partial charge in [-0.15, -0.1) is 24.0 Å². The highest BCUT2D eigenvalue weighted by Crippen LogP contribution is 2.29. The molecule has 0 aliphatic heterocycles. The number of aromatic amines is 1. The Morgan fingerprint density at radius 2 is 1.83 bits per heavy atom. The van der Waals surface area contributed by atoms with Crippen LogP contribution in [0.5, 0.6) is 11.5 Å². The number of halogens is 1. The molecular formula is C23H31IN4O2. The quantitative estimate of drug-likeness (QED) is 0.201. The van der Waals surface area contributed by atoms with E-state index in [1.807, 2.05) is 19.1 Å². The first-order valence-electron chi connectivity index (χ1n) is 10.1. The molecule has 0 fully saturated rings. The first-order valence-corrected chi connectivity index (χ1v) is 10.1. The minimum Gasteiger partial charge on any atom is -0.504 e. The van der Waals surface area contributed by atoms with E-state index in [9.17, 15) is 5.11 Å². The third kappa shape index (κ3) is 5.59.